The Bertz CT molecular complexity index is 723. The Balaban J connectivity index is 1.74. The van der Waals surface area contributed by atoms with Gasteiger partial charge in [-0.2, -0.15) is 0 Å². The Hall–Kier alpha value is -1.72. The molecule has 0 radical (unpaired) electrons. The topological polar surface area (TPSA) is 64.4 Å². The number of carbonyl (C=O) groups excluding carboxylic acids is 1. The maximum Gasteiger partial charge on any atom is 0.225 e. The maximum atomic E-state index is 12.2. The first-order valence-corrected chi connectivity index (χ1v) is 7.54. The number of nitrogens with zero attached hydrogens (tertiary/aromatic N) is 1. The highest BCUT2D eigenvalue weighted by atomic mass is 35.5. The van der Waals surface area contributed by atoms with Crippen LogP contribution in [0.25, 0.3) is 0 Å². The molecular formula is C15H14Cl2N2O3. The third-order valence-electron chi connectivity index (χ3n) is 3.70. The van der Waals surface area contributed by atoms with Gasteiger partial charge in [-0.05, 0) is 19.9 Å². The van der Waals surface area contributed by atoms with Gasteiger partial charge in [0.05, 0.1) is 23.2 Å². The predicted molar refractivity (Wildman–Crippen MR) is 82.5 cm³/mol. The number of nitrogens with one attached hydrogen (secondary N) is 1. The van der Waals surface area contributed by atoms with Gasteiger partial charge in [-0.3, -0.25) is 4.79 Å². The first kappa shape index (κ1) is 15.2. The van der Waals surface area contributed by atoms with Crippen LogP contribution in [0.3, 0.4) is 0 Å². The third-order valence-corrected chi connectivity index (χ3v) is 4.49. The van der Waals surface area contributed by atoms with Gasteiger partial charge in [-0.25, -0.2) is 0 Å². The molecule has 0 saturated heterocycles. The maximum absolute atomic E-state index is 12.2. The Morgan fingerprint density at radius 2 is 2.18 bits per heavy atom. The SMILES string of the molecule is Cc1noc(C)c1CC(=O)N[C@H]1COc2c1ccc(Cl)c2Cl. The van der Waals surface area contributed by atoms with Crippen molar-refractivity contribution in [3.05, 3.63) is 44.8 Å². The molecule has 1 aliphatic rings. The van der Waals surface area contributed by atoms with Gasteiger partial charge in [0.25, 0.3) is 0 Å². The van der Waals surface area contributed by atoms with E-state index < -0.39 is 0 Å². The van der Waals surface area contributed by atoms with Gasteiger partial charge in [0, 0.05) is 11.1 Å². The number of aryl methyl sites for hydroxylation is 2. The van der Waals surface area contributed by atoms with E-state index in [0.717, 1.165) is 16.8 Å². The molecule has 1 N–H and O–H groups in total. The Morgan fingerprint density at radius 1 is 1.41 bits per heavy atom. The monoisotopic (exact) mass is 340 g/mol. The average Bonchev–Trinajstić information content (AvgIpc) is 3.02. The quantitative estimate of drug-likeness (QED) is 0.929. The molecule has 1 atom stereocenters. The van der Waals surface area contributed by atoms with Crippen molar-refractivity contribution in [1.82, 2.24) is 10.5 Å². The summed E-state index contributed by atoms with van der Waals surface area (Å²) >= 11 is 12.1. The number of benzene rings is 1. The van der Waals surface area contributed by atoms with Crippen LogP contribution < -0.4 is 10.1 Å². The number of amides is 1. The molecule has 22 heavy (non-hydrogen) atoms. The van der Waals surface area contributed by atoms with Crippen LogP contribution in [0, 0.1) is 13.8 Å². The fourth-order valence-corrected chi connectivity index (χ4v) is 2.88. The molecule has 5 nitrogen and oxygen atoms in total. The first-order valence-electron chi connectivity index (χ1n) is 6.79. The van der Waals surface area contributed by atoms with E-state index in [4.69, 9.17) is 32.5 Å². The number of hydrogen-bond acceptors (Lipinski definition) is 4. The van der Waals surface area contributed by atoms with E-state index in [1.165, 1.54) is 0 Å². The van der Waals surface area contributed by atoms with Crippen LogP contribution in [-0.4, -0.2) is 17.7 Å². The van der Waals surface area contributed by atoms with Crippen LogP contribution in [0.4, 0.5) is 0 Å². The molecule has 7 heteroatoms. The van der Waals surface area contributed by atoms with Gasteiger partial charge < -0.3 is 14.6 Å². The molecule has 0 saturated carbocycles. The lowest BCUT2D eigenvalue weighted by atomic mass is 10.1. The van der Waals surface area contributed by atoms with Crippen LogP contribution in [0.1, 0.15) is 28.6 Å². The van der Waals surface area contributed by atoms with Crippen molar-refractivity contribution in [2.24, 2.45) is 0 Å². The molecule has 1 aromatic heterocycles. The molecule has 0 spiro atoms. The molecule has 1 amide bonds. The predicted octanol–water partition coefficient (Wildman–Crippen LogP) is 3.39. The molecule has 1 aromatic carbocycles. The van der Waals surface area contributed by atoms with Crippen LogP contribution in [0.15, 0.2) is 16.7 Å². The number of ether oxygens (including phenoxy) is 1. The van der Waals surface area contributed by atoms with Gasteiger partial charge in [0.2, 0.25) is 5.91 Å². The van der Waals surface area contributed by atoms with E-state index in [0.29, 0.717) is 28.2 Å². The molecule has 1 aliphatic heterocycles. The highest BCUT2D eigenvalue weighted by molar-refractivity contribution is 6.43. The molecule has 0 aliphatic carbocycles. The Morgan fingerprint density at radius 3 is 2.86 bits per heavy atom. The number of rotatable bonds is 3. The molecule has 0 fully saturated rings. The third kappa shape index (κ3) is 2.66. The summed E-state index contributed by atoms with van der Waals surface area (Å²) in [5, 5.41) is 7.60. The second-order valence-electron chi connectivity index (χ2n) is 5.19. The van der Waals surface area contributed by atoms with Gasteiger partial charge in [0.15, 0.2) is 0 Å². The van der Waals surface area contributed by atoms with Crippen molar-refractivity contribution in [3.63, 3.8) is 0 Å². The van der Waals surface area contributed by atoms with Crippen LogP contribution in [-0.2, 0) is 11.2 Å². The lowest BCUT2D eigenvalue weighted by Gasteiger charge is -2.12. The zero-order valence-corrected chi connectivity index (χ0v) is 13.6. The van der Waals surface area contributed by atoms with Gasteiger partial charge >= 0.3 is 0 Å². The first-order chi connectivity index (χ1) is 10.5. The largest absolute Gasteiger partial charge is 0.489 e. The summed E-state index contributed by atoms with van der Waals surface area (Å²) in [6.45, 7) is 3.94. The van der Waals surface area contributed by atoms with Crippen LogP contribution in [0.5, 0.6) is 5.75 Å². The van der Waals surface area contributed by atoms with Crippen molar-refractivity contribution >= 4 is 29.1 Å². The normalized spacial score (nSPS) is 16.3. The van der Waals surface area contributed by atoms with E-state index in [-0.39, 0.29) is 18.4 Å². The lowest BCUT2D eigenvalue weighted by Crippen LogP contribution is -2.30. The van der Waals surface area contributed by atoms with E-state index in [9.17, 15) is 4.79 Å². The van der Waals surface area contributed by atoms with E-state index in [2.05, 4.69) is 10.5 Å². The molecular weight excluding hydrogens is 327 g/mol. The number of halogens is 2. The van der Waals surface area contributed by atoms with Crippen molar-refractivity contribution < 1.29 is 14.1 Å². The van der Waals surface area contributed by atoms with Crippen molar-refractivity contribution in [2.45, 2.75) is 26.3 Å². The van der Waals surface area contributed by atoms with Crippen molar-refractivity contribution in [2.75, 3.05) is 6.61 Å². The van der Waals surface area contributed by atoms with E-state index in [1.807, 2.05) is 13.0 Å². The van der Waals surface area contributed by atoms with Crippen LogP contribution >= 0.6 is 23.2 Å². The summed E-state index contributed by atoms with van der Waals surface area (Å²) in [6.07, 6.45) is 0.217. The lowest BCUT2D eigenvalue weighted by molar-refractivity contribution is -0.121. The summed E-state index contributed by atoms with van der Waals surface area (Å²) in [6, 6.07) is 3.28. The Labute approximate surface area is 137 Å². The minimum atomic E-state index is -0.238. The number of carbonyl (C=O) groups is 1. The minimum Gasteiger partial charge on any atom is -0.489 e. The molecule has 0 bridgehead atoms. The number of aromatic nitrogens is 1. The highest BCUT2D eigenvalue weighted by Gasteiger charge is 2.29. The molecule has 0 unspecified atom stereocenters. The van der Waals surface area contributed by atoms with Crippen molar-refractivity contribution in [3.8, 4) is 5.75 Å². The van der Waals surface area contributed by atoms with E-state index >= 15 is 0 Å². The van der Waals surface area contributed by atoms with Crippen molar-refractivity contribution in [1.29, 1.82) is 0 Å². The molecule has 2 aromatic rings. The second-order valence-corrected chi connectivity index (χ2v) is 5.98. The Kier molecular flexibility index (Phi) is 4.02. The minimum absolute atomic E-state index is 0.123. The van der Waals surface area contributed by atoms with E-state index in [1.54, 1.807) is 13.0 Å². The fourth-order valence-electron chi connectivity index (χ4n) is 2.50. The average molecular weight is 341 g/mol. The molecule has 2 heterocycles. The smallest absolute Gasteiger partial charge is 0.225 e. The zero-order chi connectivity index (χ0) is 15.9. The molecule has 116 valence electrons. The summed E-state index contributed by atoms with van der Waals surface area (Å²) < 4.78 is 10.6. The fraction of sp³-hybridized carbons (Fsp3) is 0.333. The number of hydrogen-bond donors (Lipinski definition) is 1. The molecule has 3 rings (SSSR count). The van der Waals surface area contributed by atoms with Gasteiger partial charge in [-0.1, -0.05) is 34.4 Å². The highest BCUT2D eigenvalue weighted by Crippen LogP contribution is 2.42. The summed E-state index contributed by atoms with van der Waals surface area (Å²) in [4.78, 5) is 12.2. The standard InChI is InChI=1S/C15H14Cl2N2O3/c1-7-10(8(2)22-19-7)5-13(20)18-12-6-21-15-9(12)3-4-11(16)14(15)17/h3-4,12H,5-6H2,1-2H3,(H,18,20)/t12-/m0/s1. The summed E-state index contributed by atoms with van der Waals surface area (Å²) in [5.41, 5.74) is 2.37. The van der Waals surface area contributed by atoms with Crippen LogP contribution in [0.2, 0.25) is 10.0 Å². The van der Waals surface area contributed by atoms with Gasteiger partial charge in [0.1, 0.15) is 23.1 Å². The number of fused-ring (bicyclic) bond motifs is 1. The summed E-state index contributed by atoms with van der Waals surface area (Å²) in [5.74, 6) is 1.07. The zero-order valence-electron chi connectivity index (χ0n) is 12.1. The van der Waals surface area contributed by atoms with Gasteiger partial charge in [-0.15, -0.1) is 0 Å². The summed E-state index contributed by atoms with van der Waals surface area (Å²) in [7, 11) is 0. The second kappa shape index (κ2) is 5.82.